The third kappa shape index (κ3) is 4.11. The SMILES string of the molecule is COc1ccc(N/C=C\C(=O)c2ccc(OC)cc2)cc1. The monoisotopic (exact) mass is 283 g/mol. The van der Waals surface area contributed by atoms with Gasteiger partial charge < -0.3 is 14.8 Å². The van der Waals surface area contributed by atoms with Gasteiger partial charge in [-0.15, -0.1) is 0 Å². The van der Waals surface area contributed by atoms with Gasteiger partial charge in [0.1, 0.15) is 11.5 Å². The fourth-order valence-electron chi connectivity index (χ4n) is 1.75. The lowest BCUT2D eigenvalue weighted by Crippen LogP contribution is -1.96. The molecule has 0 bridgehead atoms. The van der Waals surface area contributed by atoms with Crippen molar-refractivity contribution in [2.75, 3.05) is 19.5 Å². The summed E-state index contributed by atoms with van der Waals surface area (Å²) in [6, 6.07) is 14.4. The number of carbonyl (C=O) groups is 1. The third-order valence-corrected chi connectivity index (χ3v) is 2.95. The van der Waals surface area contributed by atoms with Gasteiger partial charge in [0.05, 0.1) is 14.2 Å². The van der Waals surface area contributed by atoms with E-state index in [0.29, 0.717) is 5.56 Å². The van der Waals surface area contributed by atoms with Gasteiger partial charge in [-0.2, -0.15) is 0 Å². The van der Waals surface area contributed by atoms with Crippen LogP contribution in [0.1, 0.15) is 10.4 Å². The Bertz CT molecular complexity index is 615. The summed E-state index contributed by atoms with van der Waals surface area (Å²) in [7, 11) is 3.21. The fourth-order valence-corrected chi connectivity index (χ4v) is 1.75. The number of ketones is 1. The average molecular weight is 283 g/mol. The van der Waals surface area contributed by atoms with Gasteiger partial charge in [-0.05, 0) is 48.5 Å². The van der Waals surface area contributed by atoms with Crippen LogP contribution in [0.5, 0.6) is 11.5 Å². The normalized spacial score (nSPS) is 10.4. The van der Waals surface area contributed by atoms with Gasteiger partial charge in [-0.25, -0.2) is 0 Å². The molecule has 0 aliphatic carbocycles. The van der Waals surface area contributed by atoms with Crippen molar-refractivity contribution < 1.29 is 14.3 Å². The molecule has 0 heterocycles. The largest absolute Gasteiger partial charge is 0.497 e. The number of carbonyl (C=O) groups excluding carboxylic acids is 1. The molecule has 2 aromatic rings. The third-order valence-electron chi connectivity index (χ3n) is 2.95. The minimum absolute atomic E-state index is 0.0707. The van der Waals surface area contributed by atoms with Crippen LogP contribution in [0.25, 0.3) is 0 Å². The first-order chi connectivity index (χ1) is 10.2. The average Bonchev–Trinajstić information content (AvgIpc) is 2.55. The first-order valence-electron chi connectivity index (χ1n) is 6.48. The lowest BCUT2D eigenvalue weighted by atomic mass is 10.1. The Kier molecular flexibility index (Phi) is 4.99. The molecule has 0 aromatic heterocycles. The van der Waals surface area contributed by atoms with E-state index < -0.39 is 0 Å². The number of rotatable bonds is 6. The molecule has 0 fully saturated rings. The van der Waals surface area contributed by atoms with Crippen LogP contribution in [0.15, 0.2) is 60.8 Å². The van der Waals surface area contributed by atoms with Crippen LogP contribution in [-0.4, -0.2) is 20.0 Å². The summed E-state index contributed by atoms with van der Waals surface area (Å²) >= 11 is 0. The summed E-state index contributed by atoms with van der Waals surface area (Å²) < 4.78 is 10.1. The van der Waals surface area contributed by atoms with Crippen LogP contribution in [0.4, 0.5) is 5.69 Å². The van der Waals surface area contributed by atoms with Gasteiger partial charge in [0.2, 0.25) is 0 Å². The van der Waals surface area contributed by atoms with Crippen LogP contribution >= 0.6 is 0 Å². The number of ether oxygens (including phenoxy) is 2. The zero-order valence-electron chi connectivity index (χ0n) is 12.0. The molecule has 0 radical (unpaired) electrons. The fraction of sp³-hybridized carbons (Fsp3) is 0.118. The number of anilines is 1. The highest BCUT2D eigenvalue weighted by molar-refractivity contribution is 6.04. The van der Waals surface area contributed by atoms with E-state index in [1.165, 1.54) is 6.08 Å². The molecule has 2 rings (SSSR count). The highest BCUT2D eigenvalue weighted by Crippen LogP contribution is 2.15. The molecular weight excluding hydrogens is 266 g/mol. The Balaban J connectivity index is 1.94. The second kappa shape index (κ2) is 7.14. The molecule has 0 unspecified atom stereocenters. The van der Waals surface area contributed by atoms with Gasteiger partial charge in [-0.3, -0.25) is 4.79 Å². The Morgan fingerprint density at radius 3 is 1.95 bits per heavy atom. The molecule has 0 saturated heterocycles. The number of hydrogen-bond donors (Lipinski definition) is 1. The van der Waals surface area contributed by atoms with Crippen LogP contribution < -0.4 is 14.8 Å². The topological polar surface area (TPSA) is 47.6 Å². The molecule has 21 heavy (non-hydrogen) atoms. The van der Waals surface area contributed by atoms with Gasteiger partial charge >= 0.3 is 0 Å². The highest BCUT2D eigenvalue weighted by Gasteiger charge is 2.01. The van der Waals surface area contributed by atoms with Crippen LogP contribution in [0.2, 0.25) is 0 Å². The minimum Gasteiger partial charge on any atom is -0.497 e. The molecule has 0 atom stereocenters. The minimum atomic E-state index is -0.0707. The molecule has 0 aliphatic rings. The maximum absolute atomic E-state index is 11.9. The van der Waals surface area contributed by atoms with E-state index in [9.17, 15) is 4.79 Å². The quantitative estimate of drug-likeness (QED) is 0.651. The number of nitrogens with one attached hydrogen (secondary N) is 1. The molecule has 4 nitrogen and oxygen atoms in total. The molecule has 0 spiro atoms. The van der Waals surface area contributed by atoms with Crippen LogP contribution in [-0.2, 0) is 0 Å². The number of benzene rings is 2. The van der Waals surface area contributed by atoms with Crippen molar-refractivity contribution in [3.63, 3.8) is 0 Å². The number of hydrogen-bond acceptors (Lipinski definition) is 4. The molecule has 108 valence electrons. The van der Waals surface area contributed by atoms with E-state index in [1.54, 1.807) is 44.7 Å². The van der Waals surface area contributed by atoms with Crippen LogP contribution in [0, 0.1) is 0 Å². The summed E-state index contributed by atoms with van der Waals surface area (Å²) in [5.41, 5.74) is 1.50. The summed E-state index contributed by atoms with van der Waals surface area (Å²) in [5, 5.41) is 3.04. The Morgan fingerprint density at radius 2 is 1.43 bits per heavy atom. The number of allylic oxidation sites excluding steroid dienone is 1. The zero-order chi connectivity index (χ0) is 15.1. The molecule has 4 heteroatoms. The molecular formula is C17H17NO3. The van der Waals surface area contributed by atoms with Crippen molar-refractivity contribution >= 4 is 11.5 Å². The smallest absolute Gasteiger partial charge is 0.187 e. The van der Waals surface area contributed by atoms with Gasteiger partial charge in [0, 0.05) is 23.5 Å². The molecule has 0 aliphatic heterocycles. The molecule has 2 aromatic carbocycles. The molecule has 0 amide bonds. The molecule has 0 saturated carbocycles. The maximum Gasteiger partial charge on any atom is 0.187 e. The van der Waals surface area contributed by atoms with Gasteiger partial charge in [0.15, 0.2) is 5.78 Å². The lowest BCUT2D eigenvalue weighted by molar-refractivity contribution is 0.104. The first kappa shape index (κ1) is 14.7. The predicted octanol–water partition coefficient (Wildman–Crippen LogP) is 3.51. The summed E-state index contributed by atoms with van der Waals surface area (Å²) in [5.74, 6) is 1.45. The van der Waals surface area contributed by atoms with Crippen molar-refractivity contribution in [2.24, 2.45) is 0 Å². The van der Waals surface area contributed by atoms with Crippen molar-refractivity contribution in [1.29, 1.82) is 0 Å². The zero-order valence-corrected chi connectivity index (χ0v) is 12.0. The van der Waals surface area contributed by atoms with Gasteiger partial charge in [0.25, 0.3) is 0 Å². The van der Waals surface area contributed by atoms with E-state index in [4.69, 9.17) is 9.47 Å². The first-order valence-corrected chi connectivity index (χ1v) is 6.48. The van der Waals surface area contributed by atoms with E-state index in [1.807, 2.05) is 24.3 Å². The Labute approximate surface area is 124 Å². The van der Waals surface area contributed by atoms with Crippen molar-refractivity contribution in [3.05, 3.63) is 66.4 Å². The predicted molar refractivity (Wildman–Crippen MR) is 83.1 cm³/mol. The Morgan fingerprint density at radius 1 is 0.905 bits per heavy atom. The van der Waals surface area contributed by atoms with E-state index >= 15 is 0 Å². The highest BCUT2D eigenvalue weighted by atomic mass is 16.5. The maximum atomic E-state index is 11.9. The second-order valence-electron chi connectivity index (χ2n) is 4.30. The number of methoxy groups -OCH3 is 2. The van der Waals surface area contributed by atoms with E-state index in [2.05, 4.69) is 5.32 Å². The summed E-state index contributed by atoms with van der Waals surface area (Å²) in [4.78, 5) is 11.9. The van der Waals surface area contributed by atoms with Crippen LogP contribution in [0.3, 0.4) is 0 Å². The Hall–Kier alpha value is -2.75. The van der Waals surface area contributed by atoms with Crippen molar-refractivity contribution in [2.45, 2.75) is 0 Å². The second-order valence-corrected chi connectivity index (χ2v) is 4.30. The van der Waals surface area contributed by atoms with Crippen molar-refractivity contribution in [3.8, 4) is 11.5 Å². The molecule has 1 N–H and O–H groups in total. The van der Waals surface area contributed by atoms with Crippen molar-refractivity contribution in [1.82, 2.24) is 0 Å². The van der Waals surface area contributed by atoms with E-state index in [0.717, 1.165) is 17.2 Å². The lowest BCUT2D eigenvalue weighted by Gasteiger charge is -2.03. The van der Waals surface area contributed by atoms with Gasteiger partial charge in [-0.1, -0.05) is 0 Å². The summed E-state index contributed by atoms with van der Waals surface area (Å²) in [6.45, 7) is 0. The van der Waals surface area contributed by atoms with E-state index in [-0.39, 0.29) is 5.78 Å². The summed E-state index contributed by atoms with van der Waals surface area (Å²) in [6.07, 6.45) is 3.11. The standard InChI is InChI=1S/C17H17NO3/c1-20-15-7-3-13(4-8-15)17(19)11-12-18-14-5-9-16(21-2)10-6-14/h3-12,18H,1-2H3/b12-11-.